The predicted octanol–water partition coefficient (Wildman–Crippen LogP) is 2.60. The second-order valence-corrected chi connectivity index (χ2v) is 7.04. The fraction of sp³-hybridized carbons (Fsp3) is 0.476. The molecule has 27 heavy (non-hydrogen) atoms. The van der Waals surface area contributed by atoms with Gasteiger partial charge in [-0.1, -0.05) is 31.2 Å². The molecular formula is C21H26N2O4. The van der Waals surface area contributed by atoms with E-state index >= 15 is 0 Å². The van der Waals surface area contributed by atoms with E-state index in [0.29, 0.717) is 12.8 Å². The maximum absolute atomic E-state index is 12.5. The van der Waals surface area contributed by atoms with Gasteiger partial charge in [0.2, 0.25) is 17.7 Å². The Labute approximate surface area is 159 Å². The lowest BCUT2D eigenvalue weighted by atomic mass is 9.85. The summed E-state index contributed by atoms with van der Waals surface area (Å²) >= 11 is 0. The fourth-order valence-electron chi connectivity index (χ4n) is 3.83. The third kappa shape index (κ3) is 4.04. The molecule has 2 aliphatic rings. The first-order chi connectivity index (χ1) is 13.0. The summed E-state index contributed by atoms with van der Waals surface area (Å²) in [7, 11) is 1.61. The number of likely N-dealkylation sites (tertiary alicyclic amines) is 1. The molecule has 1 aromatic carbocycles. The molecule has 6 heteroatoms. The van der Waals surface area contributed by atoms with E-state index in [9.17, 15) is 14.4 Å². The van der Waals surface area contributed by atoms with Crippen molar-refractivity contribution in [2.75, 3.05) is 13.7 Å². The normalized spacial score (nSPS) is 22.5. The Hall–Kier alpha value is -2.63. The second kappa shape index (κ2) is 8.37. The van der Waals surface area contributed by atoms with Crippen molar-refractivity contribution in [2.45, 2.75) is 38.6 Å². The van der Waals surface area contributed by atoms with E-state index in [1.54, 1.807) is 7.11 Å². The lowest BCUT2D eigenvalue weighted by Crippen LogP contribution is -2.36. The largest absolute Gasteiger partial charge is 0.497 e. The average Bonchev–Trinajstić information content (AvgIpc) is 2.95. The molecule has 1 aromatic rings. The Morgan fingerprint density at radius 2 is 1.74 bits per heavy atom. The Balaban J connectivity index is 1.55. The van der Waals surface area contributed by atoms with Gasteiger partial charge in [0.1, 0.15) is 5.75 Å². The first-order valence-corrected chi connectivity index (χ1v) is 9.48. The van der Waals surface area contributed by atoms with Crippen LogP contribution in [-0.4, -0.2) is 36.3 Å². The van der Waals surface area contributed by atoms with Gasteiger partial charge in [0.25, 0.3) is 0 Å². The molecule has 0 bridgehead atoms. The number of rotatable bonds is 7. The lowest BCUT2D eigenvalue weighted by Gasteiger charge is -2.19. The zero-order valence-electron chi connectivity index (χ0n) is 15.8. The molecule has 1 N–H and O–H groups in total. The summed E-state index contributed by atoms with van der Waals surface area (Å²) in [5.74, 6) is -0.150. The lowest BCUT2D eigenvalue weighted by molar-refractivity contribution is -0.140. The van der Waals surface area contributed by atoms with Crippen molar-refractivity contribution in [2.24, 2.45) is 11.8 Å². The van der Waals surface area contributed by atoms with E-state index in [1.807, 2.05) is 43.3 Å². The van der Waals surface area contributed by atoms with Crippen LogP contribution < -0.4 is 10.1 Å². The summed E-state index contributed by atoms with van der Waals surface area (Å²) in [5.41, 5.74) is 0.997. The summed E-state index contributed by atoms with van der Waals surface area (Å²) in [6.07, 6.45) is 6.03. The maximum Gasteiger partial charge on any atom is 0.233 e. The quantitative estimate of drug-likeness (QED) is 0.591. The second-order valence-electron chi connectivity index (χ2n) is 7.04. The zero-order valence-corrected chi connectivity index (χ0v) is 15.8. The highest BCUT2D eigenvalue weighted by molar-refractivity contribution is 6.05. The molecule has 1 saturated heterocycles. The Morgan fingerprint density at radius 3 is 2.26 bits per heavy atom. The smallest absolute Gasteiger partial charge is 0.233 e. The van der Waals surface area contributed by atoms with Crippen molar-refractivity contribution in [1.29, 1.82) is 0 Å². The SMILES string of the molecule is CC[C@@H](NC(=O)CCN1C(=O)[C@H]2CC=CC[C@H]2C1=O)c1ccc(OC)cc1. The number of amides is 3. The highest BCUT2D eigenvalue weighted by atomic mass is 16.5. The monoisotopic (exact) mass is 370 g/mol. The summed E-state index contributed by atoms with van der Waals surface area (Å²) < 4.78 is 5.16. The number of ether oxygens (including phenoxy) is 1. The number of imide groups is 1. The van der Waals surface area contributed by atoms with Crippen molar-refractivity contribution < 1.29 is 19.1 Å². The molecule has 0 aromatic heterocycles. The number of carbonyl (C=O) groups excluding carboxylic acids is 3. The molecule has 1 fully saturated rings. The van der Waals surface area contributed by atoms with E-state index in [-0.39, 0.29) is 48.6 Å². The van der Waals surface area contributed by atoms with Gasteiger partial charge < -0.3 is 10.1 Å². The summed E-state index contributed by atoms with van der Waals surface area (Å²) in [6, 6.07) is 7.47. The predicted molar refractivity (Wildman–Crippen MR) is 101 cm³/mol. The standard InChI is InChI=1S/C21H26N2O4/c1-3-18(14-8-10-15(27-2)11-9-14)22-19(24)12-13-23-20(25)16-6-4-5-7-17(16)21(23)26/h4-5,8-11,16-18H,3,6-7,12-13H2,1-2H3,(H,22,24)/t16-,17+,18-/m1/s1. The number of nitrogens with one attached hydrogen (secondary N) is 1. The number of carbonyl (C=O) groups is 3. The van der Waals surface area contributed by atoms with Gasteiger partial charge in [-0.05, 0) is 37.0 Å². The number of benzene rings is 1. The Morgan fingerprint density at radius 1 is 1.15 bits per heavy atom. The molecule has 3 rings (SSSR count). The van der Waals surface area contributed by atoms with Gasteiger partial charge in [0.05, 0.1) is 25.0 Å². The van der Waals surface area contributed by atoms with Crippen LogP contribution in [0.1, 0.15) is 44.2 Å². The summed E-state index contributed by atoms with van der Waals surface area (Å²) in [5, 5.41) is 3.00. The first kappa shape index (κ1) is 19.1. The van der Waals surface area contributed by atoms with Crippen LogP contribution in [0.15, 0.2) is 36.4 Å². The maximum atomic E-state index is 12.5. The number of nitrogens with zero attached hydrogens (tertiary/aromatic N) is 1. The van der Waals surface area contributed by atoms with Crippen molar-refractivity contribution in [3.8, 4) is 5.75 Å². The van der Waals surface area contributed by atoms with E-state index in [4.69, 9.17) is 4.74 Å². The molecule has 0 saturated carbocycles. The number of hydrogen-bond donors (Lipinski definition) is 1. The number of hydrogen-bond acceptors (Lipinski definition) is 4. The van der Waals surface area contributed by atoms with E-state index in [2.05, 4.69) is 5.32 Å². The van der Waals surface area contributed by atoms with E-state index < -0.39 is 0 Å². The van der Waals surface area contributed by atoms with Crippen LogP contribution in [0, 0.1) is 11.8 Å². The molecular weight excluding hydrogens is 344 g/mol. The number of fused-ring (bicyclic) bond motifs is 1. The van der Waals surface area contributed by atoms with Gasteiger partial charge in [0, 0.05) is 13.0 Å². The fourth-order valence-corrected chi connectivity index (χ4v) is 3.83. The number of allylic oxidation sites excluding steroid dienone is 2. The highest BCUT2D eigenvalue weighted by Crippen LogP contribution is 2.35. The minimum Gasteiger partial charge on any atom is -0.497 e. The van der Waals surface area contributed by atoms with E-state index in [0.717, 1.165) is 17.7 Å². The molecule has 144 valence electrons. The Kier molecular flexibility index (Phi) is 5.94. The van der Waals surface area contributed by atoms with Crippen LogP contribution in [0.5, 0.6) is 5.75 Å². The van der Waals surface area contributed by atoms with Crippen molar-refractivity contribution in [1.82, 2.24) is 10.2 Å². The average molecular weight is 370 g/mol. The Bertz CT molecular complexity index is 715. The topological polar surface area (TPSA) is 75.7 Å². The zero-order chi connectivity index (χ0) is 19.4. The molecule has 0 unspecified atom stereocenters. The van der Waals surface area contributed by atoms with Gasteiger partial charge in [-0.25, -0.2) is 0 Å². The first-order valence-electron chi connectivity index (χ1n) is 9.48. The van der Waals surface area contributed by atoms with Crippen LogP contribution in [0.4, 0.5) is 0 Å². The molecule has 3 amide bonds. The molecule has 1 aliphatic heterocycles. The van der Waals surface area contributed by atoms with Gasteiger partial charge in [0.15, 0.2) is 0 Å². The van der Waals surface area contributed by atoms with Crippen LogP contribution >= 0.6 is 0 Å². The molecule has 0 spiro atoms. The molecule has 3 atom stereocenters. The van der Waals surface area contributed by atoms with Crippen molar-refractivity contribution in [3.63, 3.8) is 0 Å². The van der Waals surface area contributed by atoms with Crippen molar-refractivity contribution in [3.05, 3.63) is 42.0 Å². The van der Waals surface area contributed by atoms with Gasteiger partial charge in [-0.3, -0.25) is 19.3 Å². The van der Waals surface area contributed by atoms with Crippen LogP contribution in [0.3, 0.4) is 0 Å². The molecule has 0 radical (unpaired) electrons. The minimum absolute atomic E-state index is 0.111. The third-order valence-electron chi connectivity index (χ3n) is 5.42. The van der Waals surface area contributed by atoms with Crippen LogP contribution in [0.2, 0.25) is 0 Å². The number of methoxy groups -OCH3 is 1. The molecule has 1 heterocycles. The van der Waals surface area contributed by atoms with Gasteiger partial charge in [-0.2, -0.15) is 0 Å². The highest BCUT2D eigenvalue weighted by Gasteiger charge is 2.46. The molecule has 6 nitrogen and oxygen atoms in total. The summed E-state index contributed by atoms with van der Waals surface area (Å²) in [4.78, 5) is 38.6. The van der Waals surface area contributed by atoms with Crippen LogP contribution in [-0.2, 0) is 14.4 Å². The van der Waals surface area contributed by atoms with E-state index in [1.165, 1.54) is 4.90 Å². The van der Waals surface area contributed by atoms with Crippen molar-refractivity contribution >= 4 is 17.7 Å². The van der Waals surface area contributed by atoms with Gasteiger partial charge >= 0.3 is 0 Å². The third-order valence-corrected chi connectivity index (χ3v) is 5.42. The molecule has 1 aliphatic carbocycles. The van der Waals surface area contributed by atoms with Gasteiger partial charge in [-0.15, -0.1) is 0 Å². The van der Waals surface area contributed by atoms with Crippen LogP contribution in [0.25, 0.3) is 0 Å². The minimum atomic E-state index is -0.242. The summed E-state index contributed by atoms with van der Waals surface area (Å²) in [6.45, 7) is 2.15.